The van der Waals surface area contributed by atoms with Crippen molar-refractivity contribution in [1.29, 1.82) is 0 Å². The molecule has 1 saturated heterocycles. The molecule has 2 aromatic rings. The summed E-state index contributed by atoms with van der Waals surface area (Å²) in [7, 11) is 0. The Labute approximate surface area is 131 Å². The van der Waals surface area contributed by atoms with Crippen molar-refractivity contribution in [3.05, 3.63) is 35.2 Å². The number of likely N-dealkylation sites (tertiary alicyclic amines) is 1. The molecule has 1 atom stereocenters. The summed E-state index contributed by atoms with van der Waals surface area (Å²) in [5.74, 6) is 5.99. The number of benzene rings is 1. The molecule has 0 spiro atoms. The first-order valence-electron chi connectivity index (χ1n) is 7.82. The smallest absolute Gasteiger partial charge is 0.0652 e. The van der Waals surface area contributed by atoms with E-state index in [1.807, 2.05) is 0 Å². The zero-order chi connectivity index (χ0) is 14.9. The fourth-order valence-electron chi connectivity index (χ4n) is 3.57. The Morgan fingerprint density at radius 3 is 2.67 bits per heavy atom. The Bertz CT molecular complexity index is 599. The van der Waals surface area contributed by atoms with Gasteiger partial charge < -0.3 is 0 Å². The molecule has 0 aliphatic carbocycles. The maximum atomic E-state index is 5.99. The third-order valence-corrected chi connectivity index (χ3v) is 5.84. The predicted octanol–water partition coefficient (Wildman–Crippen LogP) is 3.67. The number of hydrogen-bond acceptors (Lipinski definition) is 4. The van der Waals surface area contributed by atoms with Gasteiger partial charge in [0.05, 0.1) is 6.04 Å². The monoisotopic (exact) mass is 303 g/mol. The Morgan fingerprint density at radius 2 is 1.95 bits per heavy atom. The Balaban J connectivity index is 1.98. The van der Waals surface area contributed by atoms with Crippen LogP contribution < -0.4 is 11.3 Å². The van der Waals surface area contributed by atoms with Gasteiger partial charge in [-0.1, -0.05) is 24.6 Å². The lowest BCUT2D eigenvalue weighted by atomic mass is 9.85. The van der Waals surface area contributed by atoms with E-state index in [1.54, 1.807) is 11.3 Å². The molecule has 3 nitrogen and oxygen atoms in total. The van der Waals surface area contributed by atoms with Crippen molar-refractivity contribution in [2.45, 2.75) is 44.7 Å². The first-order valence-corrected chi connectivity index (χ1v) is 8.70. The summed E-state index contributed by atoms with van der Waals surface area (Å²) in [6, 6.07) is 8.86. The molecule has 3 N–H and O–H groups in total. The zero-order valence-electron chi connectivity index (χ0n) is 12.9. The van der Waals surface area contributed by atoms with Crippen molar-refractivity contribution >= 4 is 21.4 Å². The summed E-state index contributed by atoms with van der Waals surface area (Å²) in [5.41, 5.74) is 4.43. The van der Waals surface area contributed by atoms with Gasteiger partial charge in [-0.05, 0) is 62.2 Å². The molecule has 1 aliphatic rings. The lowest BCUT2D eigenvalue weighted by Gasteiger charge is -2.46. The number of piperidine rings is 1. The molecule has 1 aliphatic heterocycles. The number of thiophene rings is 1. The summed E-state index contributed by atoms with van der Waals surface area (Å²) in [6.07, 6.45) is 3.95. The van der Waals surface area contributed by atoms with E-state index in [4.69, 9.17) is 5.84 Å². The first kappa shape index (κ1) is 15.0. The molecular formula is C17H25N3S. The maximum absolute atomic E-state index is 5.99. The summed E-state index contributed by atoms with van der Waals surface area (Å²) in [5, 5.41) is 3.47. The zero-order valence-corrected chi connectivity index (χ0v) is 13.7. The Kier molecular flexibility index (Phi) is 4.31. The number of nitrogens with one attached hydrogen (secondary N) is 1. The lowest BCUT2D eigenvalue weighted by Crippen LogP contribution is -2.55. The van der Waals surface area contributed by atoms with E-state index in [1.165, 1.54) is 48.0 Å². The summed E-state index contributed by atoms with van der Waals surface area (Å²) < 4.78 is 1.35. The molecule has 0 radical (unpaired) electrons. The number of fused-ring (bicyclic) bond motifs is 1. The fraction of sp³-hybridized carbons (Fsp3) is 0.529. The van der Waals surface area contributed by atoms with E-state index in [9.17, 15) is 0 Å². The van der Waals surface area contributed by atoms with Crippen LogP contribution in [0.3, 0.4) is 0 Å². The minimum Gasteiger partial charge on any atom is -0.296 e. The van der Waals surface area contributed by atoms with Gasteiger partial charge in [0.25, 0.3) is 0 Å². The van der Waals surface area contributed by atoms with Gasteiger partial charge in [0.15, 0.2) is 0 Å². The van der Waals surface area contributed by atoms with Crippen molar-refractivity contribution in [3.8, 4) is 0 Å². The molecule has 1 aromatic heterocycles. The minimum absolute atomic E-state index is 0.00738. The van der Waals surface area contributed by atoms with Gasteiger partial charge in [0.1, 0.15) is 0 Å². The normalized spacial score (nSPS) is 19.0. The van der Waals surface area contributed by atoms with Crippen LogP contribution in [0, 0.1) is 0 Å². The van der Waals surface area contributed by atoms with E-state index < -0.39 is 0 Å². The SMILES string of the molecule is CC(C)(C(NN)c1cccc2ccsc12)N1CCCCC1. The van der Waals surface area contributed by atoms with E-state index in [-0.39, 0.29) is 11.6 Å². The largest absolute Gasteiger partial charge is 0.296 e. The number of hydrazine groups is 1. The van der Waals surface area contributed by atoms with Gasteiger partial charge in [-0.25, -0.2) is 0 Å². The van der Waals surface area contributed by atoms with Gasteiger partial charge in [0, 0.05) is 10.2 Å². The quantitative estimate of drug-likeness (QED) is 0.669. The van der Waals surface area contributed by atoms with Gasteiger partial charge in [-0.15, -0.1) is 11.3 Å². The van der Waals surface area contributed by atoms with Gasteiger partial charge in [0.2, 0.25) is 0 Å². The van der Waals surface area contributed by atoms with E-state index in [0.717, 1.165) is 0 Å². The third-order valence-electron chi connectivity index (χ3n) is 4.86. The minimum atomic E-state index is 0.00738. The summed E-state index contributed by atoms with van der Waals surface area (Å²) >= 11 is 1.81. The predicted molar refractivity (Wildman–Crippen MR) is 91.4 cm³/mol. The van der Waals surface area contributed by atoms with Crippen molar-refractivity contribution in [2.24, 2.45) is 5.84 Å². The highest BCUT2D eigenvalue weighted by Crippen LogP contribution is 2.37. The number of nitrogens with zero attached hydrogens (tertiary/aromatic N) is 1. The van der Waals surface area contributed by atoms with E-state index in [2.05, 4.69) is 53.8 Å². The molecule has 3 rings (SSSR count). The molecule has 2 heterocycles. The maximum Gasteiger partial charge on any atom is 0.0652 e. The fourth-order valence-corrected chi connectivity index (χ4v) is 4.52. The van der Waals surface area contributed by atoms with Crippen molar-refractivity contribution < 1.29 is 0 Å². The van der Waals surface area contributed by atoms with Crippen LogP contribution in [0.4, 0.5) is 0 Å². The molecule has 0 amide bonds. The van der Waals surface area contributed by atoms with Crippen LogP contribution in [-0.2, 0) is 0 Å². The molecular weight excluding hydrogens is 278 g/mol. The molecule has 1 unspecified atom stereocenters. The molecule has 0 saturated carbocycles. The molecule has 1 fully saturated rings. The second-order valence-electron chi connectivity index (χ2n) is 6.49. The van der Waals surface area contributed by atoms with Crippen LogP contribution in [0.5, 0.6) is 0 Å². The second kappa shape index (κ2) is 6.05. The van der Waals surface area contributed by atoms with Crippen molar-refractivity contribution in [2.75, 3.05) is 13.1 Å². The van der Waals surface area contributed by atoms with Crippen LogP contribution in [0.1, 0.15) is 44.7 Å². The van der Waals surface area contributed by atoms with E-state index in [0.29, 0.717) is 0 Å². The topological polar surface area (TPSA) is 41.3 Å². The second-order valence-corrected chi connectivity index (χ2v) is 7.40. The Morgan fingerprint density at radius 1 is 1.19 bits per heavy atom. The number of nitrogens with two attached hydrogens (primary N) is 1. The van der Waals surface area contributed by atoms with Crippen molar-refractivity contribution in [1.82, 2.24) is 10.3 Å². The standard InChI is InChI=1S/C17H25N3S/c1-17(2,20-10-4-3-5-11-20)16(19-18)14-8-6-7-13-9-12-21-15(13)14/h6-9,12,16,19H,3-5,10-11,18H2,1-2H3. The van der Waals surface area contributed by atoms with Gasteiger partial charge in [-0.3, -0.25) is 16.2 Å². The number of rotatable bonds is 4. The van der Waals surface area contributed by atoms with Crippen LogP contribution in [0.15, 0.2) is 29.6 Å². The molecule has 4 heteroatoms. The highest BCUT2D eigenvalue weighted by molar-refractivity contribution is 7.17. The average molecular weight is 303 g/mol. The third kappa shape index (κ3) is 2.73. The summed E-state index contributed by atoms with van der Waals surface area (Å²) in [4.78, 5) is 2.59. The highest BCUT2D eigenvalue weighted by atomic mass is 32.1. The van der Waals surface area contributed by atoms with Crippen LogP contribution >= 0.6 is 11.3 Å². The van der Waals surface area contributed by atoms with Crippen LogP contribution in [-0.4, -0.2) is 23.5 Å². The van der Waals surface area contributed by atoms with Gasteiger partial charge in [-0.2, -0.15) is 0 Å². The summed E-state index contributed by atoms with van der Waals surface area (Å²) in [6.45, 7) is 6.97. The first-order chi connectivity index (χ1) is 10.1. The van der Waals surface area contributed by atoms with Crippen LogP contribution in [0.2, 0.25) is 0 Å². The Hall–Kier alpha value is -0.940. The number of hydrogen-bond donors (Lipinski definition) is 2. The molecule has 1 aromatic carbocycles. The lowest BCUT2D eigenvalue weighted by molar-refractivity contribution is 0.0613. The average Bonchev–Trinajstić information content (AvgIpc) is 2.98. The highest BCUT2D eigenvalue weighted by Gasteiger charge is 2.37. The molecule has 21 heavy (non-hydrogen) atoms. The van der Waals surface area contributed by atoms with Gasteiger partial charge >= 0.3 is 0 Å². The molecule has 0 bridgehead atoms. The van der Waals surface area contributed by atoms with Crippen LogP contribution in [0.25, 0.3) is 10.1 Å². The molecule has 114 valence electrons. The van der Waals surface area contributed by atoms with Crippen molar-refractivity contribution in [3.63, 3.8) is 0 Å². The van der Waals surface area contributed by atoms with E-state index >= 15 is 0 Å².